The van der Waals surface area contributed by atoms with Crippen LogP contribution in [0.25, 0.3) is 0 Å². The van der Waals surface area contributed by atoms with Gasteiger partial charge in [-0.25, -0.2) is 14.2 Å². The Balaban J connectivity index is 0.000000233. The maximum absolute atomic E-state index is 13.4. The molecular formula is C25H27FN6O5. The van der Waals surface area contributed by atoms with E-state index >= 15 is 0 Å². The van der Waals surface area contributed by atoms with Crippen molar-refractivity contribution in [1.29, 1.82) is 5.26 Å². The van der Waals surface area contributed by atoms with E-state index in [1.807, 2.05) is 18.3 Å². The zero-order valence-corrected chi connectivity index (χ0v) is 20.5. The number of nitriles is 1. The number of aromatic nitrogens is 3. The number of nitrogens with zero attached hydrogens (tertiary/aromatic N) is 5. The van der Waals surface area contributed by atoms with E-state index in [0.29, 0.717) is 12.2 Å². The zero-order valence-electron chi connectivity index (χ0n) is 20.5. The molecule has 11 nitrogen and oxygen atoms in total. The molecule has 0 bridgehead atoms. The molecule has 0 saturated carbocycles. The number of ether oxygens (including phenoxy) is 2. The Kier molecular flexibility index (Phi) is 9.12. The molecule has 1 aromatic carbocycles. The Labute approximate surface area is 212 Å². The lowest BCUT2D eigenvalue weighted by atomic mass is 10.1. The summed E-state index contributed by atoms with van der Waals surface area (Å²) in [5.74, 6) is -2.00. The minimum absolute atomic E-state index is 0.101. The Morgan fingerprint density at radius 1 is 1.22 bits per heavy atom. The SMILES string of the molecule is COCc1nn(Cc2ccc(N3CCCC3)nc2)cc1C(=O)O.COc1ccc(C#N)c(C(N)=O)c1F. The number of carbonyl (C=O) groups excluding carboxylic acids is 1. The normalized spacial score (nSPS) is 12.4. The first-order valence-electron chi connectivity index (χ1n) is 11.3. The summed E-state index contributed by atoms with van der Waals surface area (Å²) in [4.78, 5) is 28.8. The molecule has 0 aliphatic carbocycles. The molecule has 1 aliphatic heterocycles. The van der Waals surface area contributed by atoms with Crippen molar-refractivity contribution in [1.82, 2.24) is 14.8 Å². The number of halogens is 1. The number of rotatable bonds is 8. The minimum Gasteiger partial charge on any atom is -0.494 e. The van der Waals surface area contributed by atoms with Crippen molar-refractivity contribution in [3.05, 3.63) is 70.4 Å². The zero-order chi connectivity index (χ0) is 26.9. The summed E-state index contributed by atoms with van der Waals surface area (Å²) in [6, 6.07) is 8.24. The van der Waals surface area contributed by atoms with Gasteiger partial charge in [-0.15, -0.1) is 0 Å². The molecule has 0 atom stereocenters. The number of methoxy groups -OCH3 is 2. The molecule has 0 radical (unpaired) electrons. The van der Waals surface area contributed by atoms with Crippen molar-refractivity contribution < 1.29 is 28.6 Å². The maximum Gasteiger partial charge on any atom is 0.339 e. The third-order valence-corrected chi connectivity index (χ3v) is 5.63. The summed E-state index contributed by atoms with van der Waals surface area (Å²) in [6.07, 6.45) is 5.80. The van der Waals surface area contributed by atoms with Crippen LogP contribution in [-0.2, 0) is 17.9 Å². The van der Waals surface area contributed by atoms with Gasteiger partial charge < -0.3 is 25.2 Å². The van der Waals surface area contributed by atoms with Gasteiger partial charge in [-0.3, -0.25) is 9.48 Å². The number of aromatic carboxylic acids is 1. The number of carbonyl (C=O) groups is 2. The second-order valence-electron chi connectivity index (χ2n) is 8.12. The average Bonchev–Trinajstić information content (AvgIpc) is 3.55. The number of hydrogen-bond acceptors (Lipinski definition) is 8. The minimum atomic E-state index is -0.995. The predicted octanol–water partition coefficient (Wildman–Crippen LogP) is 2.58. The molecule has 0 unspecified atom stereocenters. The fraction of sp³-hybridized carbons (Fsp3) is 0.320. The number of hydrogen-bond donors (Lipinski definition) is 2. The van der Waals surface area contributed by atoms with E-state index in [-0.39, 0.29) is 23.5 Å². The van der Waals surface area contributed by atoms with Crippen LogP contribution >= 0.6 is 0 Å². The topological polar surface area (TPSA) is 157 Å². The van der Waals surface area contributed by atoms with Crippen molar-refractivity contribution in [3.8, 4) is 11.8 Å². The summed E-state index contributed by atoms with van der Waals surface area (Å²) in [5.41, 5.74) is 5.98. The molecule has 3 aromatic rings. The van der Waals surface area contributed by atoms with Gasteiger partial charge in [0.1, 0.15) is 23.1 Å². The van der Waals surface area contributed by atoms with E-state index in [0.717, 1.165) is 24.5 Å². The number of carboxylic acid groups (broad SMARTS) is 1. The lowest BCUT2D eigenvalue weighted by Crippen LogP contribution is -2.18. The quantitative estimate of drug-likeness (QED) is 0.465. The van der Waals surface area contributed by atoms with E-state index in [4.69, 9.17) is 15.7 Å². The highest BCUT2D eigenvalue weighted by molar-refractivity contribution is 5.96. The van der Waals surface area contributed by atoms with Crippen LogP contribution in [0.2, 0.25) is 0 Å². The monoisotopic (exact) mass is 510 g/mol. The Morgan fingerprint density at radius 3 is 2.49 bits per heavy atom. The van der Waals surface area contributed by atoms with Crippen molar-refractivity contribution >= 4 is 17.7 Å². The van der Waals surface area contributed by atoms with Gasteiger partial charge in [0.2, 0.25) is 0 Å². The van der Waals surface area contributed by atoms with E-state index in [9.17, 15) is 19.1 Å². The van der Waals surface area contributed by atoms with Crippen LogP contribution in [0.5, 0.6) is 5.75 Å². The van der Waals surface area contributed by atoms with Crippen molar-refractivity contribution in [3.63, 3.8) is 0 Å². The van der Waals surface area contributed by atoms with Crippen LogP contribution < -0.4 is 15.4 Å². The molecule has 194 valence electrons. The van der Waals surface area contributed by atoms with E-state index < -0.39 is 23.3 Å². The summed E-state index contributed by atoms with van der Waals surface area (Å²) in [5, 5.41) is 22.1. The molecular weight excluding hydrogens is 483 g/mol. The molecule has 1 fully saturated rings. The molecule has 2 aromatic heterocycles. The van der Waals surface area contributed by atoms with Crippen molar-refractivity contribution in [2.75, 3.05) is 32.2 Å². The third kappa shape index (κ3) is 6.59. The van der Waals surface area contributed by atoms with Gasteiger partial charge in [-0.05, 0) is 36.6 Å². The van der Waals surface area contributed by atoms with Gasteiger partial charge >= 0.3 is 5.97 Å². The largest absolute Gasteiger partial charge is 0.494 e. The molecule has 4 rings (SSSR count). The molecule has 1 aliphatic rings. The first-order chi connectivity index (χ1) is 17.8. The van der Waals surface area contributed by atoms with Gasteiger partial charge in [0.05, 0.1) is 31.4 Å². The predicted molar refractivity (Wildman–Crippen MR) is 131 cm³/mol. The highest BCUT2D eigenvalue weighted by Gasteiger charge is 2.18. The van der Waals surface area contributed by atoms with Crippen LogP contribution in [0.4, 0.5) is 10.2 Å². The second kappa shape index (κ2) is 12.5. The van der Waals surface area contributed by atoms with E-state index in [2.05, 4.69) is 19.7 Å². The number of primary amides is 1. The molecule has 3 heterocycles. The number of amides is 1. The van der Waals surface area contributed by atoms with Crippen LogP contribution in [0.1, 0.15) is 50.4 Å². The Hall–Kier alpha value is -4.50. The lowest BCUT2D eigenvalue weighted by Gasteiger charge is -2.16. The standard InChI is InChI=1S/C16H20N4O3.C9H7FN2O2/c1-23-11-14-13(16(21)22)10-20(18-14)9-12-4-5-15(17-8-12)19-6-2-3-7-19;1-14-6-3-2-5(4-11)7(8(6)10)9(12)13/h4-5,8,10H,2-3,6-7,9,11H2,1H3,(H,21,22);2-3H,1H3,(H2,12,13). The van der Waals surface area contributed by atoms with Gasteiger partial charge in [0.15, 0.2) is 11.6 Å². The van der Waals surface area contributed by atoms with Gasteiger partial charge in [0.25, 0.3) is 5.91 Å². The van der Waals surface area contributed by atoms with Gasteiger partial charge in [-0.1, -0.05) is 6.07 Å². The van der Waals surface area contributed by atoms with E-state index in [1.165, 1.54) is 45.4 Å². The first kappa shape index (κ1) is 27.1. The average molecular weight is 511 g/mol. The number of carboxylic acids is 1. The molecule has 12 heteroatoms. The summed E-state index contributed by atoms with van der Waals surface area (Å²) in [7, 11) is 2.78. The number of nitrogens with two attached hydrogens (primary N) is 1. The maximum atomic E-state index is 13.4. The van der Waals surface area contributed by atoms with Crippen molar-refractivity contribution in [2.24, 2.45) is 5.73 Å². The van der Waals surface area contributed by atoms with Crippen LogP contribution in [0.3, 0.4) is 0 Å². The summed E-state index contributed by atoms with van der Waals surface area (Å²) in [6.45, 7) is 2.79. The highest BCUT2D eigenvalue weighted by Crippen LogP contribution is 2.23. The number of pyridine rings is 1. The molecule has 1 saturated heterocycles. The molecule has 37 heavy (non-hydrogen) atoms. The molecule has 1 amide bonds. The number of anilines is 1. The van der Waals surface area contributed by atoms with Crippen LogP contribution in [0, 0.1) is 17.1 Å². The number of benzene rings is 1. The summed E-state index contributed by atoms with van der Waals surface area (Å²) < 4.78 is 24.7. The van der Waals surface area contributed by atoms with Crippen LogP contribution in [-0.4, -0.2) is 59.1 Å². The first-order valence-corrected chi connectivity index (χ1v) is 11.3. The van der Waals surface area contributed by atoms with E-state index in [1.54, 1.807) is 10.8 Å². The third-order valence-electron chi connectivity index (χ3n) is 5.63. The van der Waals surface area contributed by atoms with Gasteiger partial charge in [0, 0.05) is 32.6 Å². The highest BCUT2D eigenvalue weighted by atomic mass is 19.1. The molecule has 0 spiro atoms. The fourth-order valence-electron chi connectivity index (χ4n) is 3.84. The lowest BCUT2D eigenvalue weighted by molar-refractivity contribution is 0.0691. The van der Waals surface area contributed by atoms with Crippen LogP contribution in [0.15, 0.2) is 36.7 Å². The second-order valence-corrected chi connectivity index (χ2v) is 8.12. The van der Waals surface area contributed by atoms with Crippen molar-refractivity contribution in [2.45, 2.75) is 26.0 Å². The Morgan fingerprint density at radius 2 is 1.95 bits per heavy atom. The smallest absolute Gasteiger partial charge is 0.339 e. The fourth-order valence-corrected chi connectivity index (χ4v) is 3.84. The van der Waals surface area contributed by atoms with Gasteiger partial charge in [-0.2, -0.15) is 10.4 Å². The molecule has 3 N–H and O–H groups in total. The summed E-state index contributed by atoms with van der Waals surface area (Å²) >= 11 is 0. The Bertz CT molecular complexity index is 1300.